The van der Waals surface area contributed by atoms with Crippen LogP contribution in [0.15, 0.2) is 47.1 Å². The van der Waals surface area contributed by atoms with Crippen LogP contribution in [0.3, 0.4) is 0 Å². The summed E-state index contributed by atoms with van der Waals surface area (Å²) in [7, 11) is 1.63. The maximum absolute atomic E-state index is 5.26. The van der Waals surface area contributed by atoms with E-state index in [1.165, 1.54) is 0 Å². The van der Waals surface area contributed by atoms with E-state index in [0.29, 0.717) is 11.6 Å². The molecule has 0 aliphatic rings. The van der Waals surface area contributed by atoms with Gasteiger partial charge in [0.25, 0.3) is 0 Å². The van der Waals surface area contributed by atoms with Crippen LogP contribution in [0, 0.1) is 0 Å². The van der Waals surface area contributed by atoms with Crippen molar-refractivity contribution in [3.8, 4) is 17.1 Å². The summed E-state index contributed by atoms with van der Waals surface area (Å²) in [5.74, 6) is 1.40. The van der Waals surface area contributed by atoms with E-state index in [1.807, 2.05) is 42.6 Å². The first-order chi connectivity index (χ1) is 8.78. The van der Waals surface area contributed by atoms with Gasteiger partial charge in [0, 0.05) is 16.2 Å². The van der Waals surface area contributed by atoms with Crippen LogP contribution >= 0.6 is 15.9 Å². The van der Waals surface area contributed by atoms with E-state index >= 15 is 0 Å². The molecule has 0 aliphatic heterocycles. The highest BCUT2D eigenvalue weighted by atomic mass is 79.9. The lowest BCUT2D eigenvalue weighted by atomic mass is 10.2. The van der Waals surface area contributed by atoms with Crippen molar-refractivity contribution in [1.29, 1.82) is 0 Å². The van der Waals surface area contributed by atoms with Gasteiger partial charge in [0.05, 0.1) is 7.11 Å². The molecular formula is C13H10BrN3O. The molecule has 0 amide bonds. The molecule has 3 aromatic rings. The highest BCUT2D eigenvalue weighted by molar-refractivity contribution is 9.10. The first-order valence-corrected chi connectivity index (χ1v) is 6.22. The summed E-state index contributed by atoms with van der Waals surface area (Å²) in [5, 5.41) is 4.43. The maximum Gasteiger partial charge on any atom is 0.198 e. The molecular weight excluding hydrogens is 294 g/mol. The zero-order valence-corrected chi connectivity index (χ0v) is 11.3. The Morgan fingerprint density at radius 3 is 2.67 bits per heavy atom. The van der Waals surface area contributed by atoms with Gasteiger partial charge in [-0.3, -0.25) is 0 Å². The molecule has 90 valence electrons. The fourth-order valence-electron chi connectivity index (χ4n) is 1.76. The van der Waals surface area contributed by atoms with E-state index in [1.54, 1.807) is 11.6 Å². The van der Waals surface area contributed by atoms with E-state index in [4.69, 9.17) is 4.74 Å². The largest absolute Gasteiger partial charge is 0.493 e. The molecule has 18 heavy (non-hydrogen) atoms. The van der Waals surface area contributed by atoms with Crippen molar-refractivity contribution < 1.29 is 4.74 Å². The van der Waals surface area contributed by atoms with Gasteiger partial charge < -0.3 is 4.74 Å². The minimum atomic E-state index is 0.687. The summed E-state index contributed by atoms with van der Waals surface area (Å²) in [6.45, 7) is 0. The van der Waals surface area contributed by atoms with Gasteiger partial charge in [-0.15, -0.1) is 5.10 Å². The number of pyridine rings is 1. The number of hydrogen-bond donors (Lipinski definition) is 0. The normalized spacial score (nSPS) is 10.8. The summed E-state index contributed by atoms with van der Waals surface area (Å²) in [6, 6.07) is 11.6. The molecule has 0 atom stereocenters. The van der Waals surface area contributed by atoms with E-state index < -0.39 is 0 Å². The van der Waals surface area contributed by atoms with Gasteiger partial charge in [0.2, 0.25) is 0 Å². The van der Waals surface area contributed by atoms with Crippen molar-refractivity contribution in [3.63, 3.8) is 0 Å². The monoisotopic (exact) mass is 303 g/mol. The summed E-state index contributed by atoms with van der Waals surface area (Å²) in [6.07, 6.45) is 1.85. The Balaban J connectivity index is 2.16. The smallest absolute Gasteiger partial charge is 0.198 e. The topological polar surface area (TPSA) is 39.4 Å². The first kappa shape index (κ1) is 11.2. The zero-order chi connectivity index (χ0) is 12.5. The van der Waals surface area contributed by atoms with Crippen LogP contribution in [-0.2, 0) is 0 Å². The fraction of sp³-hybridized carbons (Fsp3) is 0.0769. The molecule has 3 rings (SSSR count). The molecule has 0 N–H and O–H groups in total. The van der Waals surface area contributed by atoms with Crippen LogP contribution < -0.4 is 4.74 Å². The predicted molar refractivity (Wildman–Crippen MR) is 72.7 cm³/mol. The molecule has 0 saturated carbocycles. The third kappa shape index (κ3) is 1.86. The average Bonchev–Trinajstić information content (AvgIpc) is 2.83. The molecule has 0 aliphatic carbocycles. The molecule has 2 aromatic heterocycles. The lowest BCUT2D eigenvalue weighted by Crippen LogP contribution is -1.90. The Labute approximate surface area is 112 Å². The summed E-state index contributed by atoms with van der Waals surface area (Å²) in [4.78, 5) is 4.49. The number of hydrogen-bond acceptors (Lipinski definition) is 3. The minimum absolute atomic E-state index is 0.687. The molecule has 4 nitrogen and oxygen atoms in total. The number of fused-ring (bicyclic) bond motifs is 1. The second-order valence-electron chi connectivity index (χ2n) is 3.79. The molecule has 0 saturated heterocycles. The number of ether oxygens (including phenoxy) is 1. The van der Waals surface area contributed by atoms with Gasteiger partial charge in [-0.1, -0.05) is 28.1 Å². The summed E-state index contributed by atoms with van der Waals surface area (Å²) < 4.78 is 8.02. The molecule has 0 bridgehead atoms. The van der Waals surface area contributed by atoms with Crippen molar-refractivity contribution >= 4 is 21.6 Å². The number of rotatable bonds is 2. The van der Waals surface area contributed by atoms with Crippen molar-refractivity contribution in [2.75, 3.05) is 7.11 Å². The molecule has 0 unspecified atom stereocenters. The fourth-order valence-corrected chi connectivity index (χ4v) is 2.03. The van der Waals surface area contributed by atoms with E-state index in [9.17, 15) is 0 Å². The van der Waals surface area contributed by atoms with Gasteiger partial charge in [-0.05, 0) is 24.3 Å². The molecule has 0 fully saturated rings. The first-order valence-electron chi connectivity index (χ1n) is 5.43. The second-order valence-corrected chi connectivity index (χ2v) is 4.70. The highest BCUT2D eigenvalue weighted by Crippen LogP contribution is 2.22. The lowest BCUT2D eigenvalue weighted by molar-refractivity contribution is 0.416. The van der Waals surface area contributed by atoms with Gasteiger partial charge in [0.15, 0.2) is 17.2 Å². The Morgan fingerprint density at radius 2 is 1.94 bits per heavy atom. The molecule has 2 heterocycles. The van der Waals surface area contributed by atoms with E-state index in [2.05, 4.69) is 26.0 Å². The lowest BCUT2D eigenvalue weighted by Gasteiger charge is -1.98. The molecule has 1 aromatic carbocycles. The van der Waals surface area contributed by atoms with E-state index in [-0.39, 0.29) is 0 Å². The van der Waals surface area contributed by atoms with Crippen molar-refractivity contribution in [2.24, 2.45) is 0 Å². The Bertz CT molecular complexity index is 691. The van der Waals surface area contributed by atoms with Crippen molar-refractivity contribution in [3.05, 3.63) is 47.1 Å². The minimum Gasteiger partial charge on any atom is -0.493 e. The van der Waals surface area contributed by atoms with Crippen LogP contribution in [0.1, 0.15) is 0 Å². The van der Waals surface area contributed by atoms with Crippen LogP contribution in [0.5, 0.6) is 5.75 Å². The molecule has 5 heteroatoms. The quantitative estimate of drug-likeness (QED) is 0.730. The SMILES string of the molecule is COc1cccn2nc(-c3ccc(Br)cc3)nc12. The second kappa shape index (κ2) is 4.42. The van der Waals surface area contributed by atoms with E-state index in [0.717, 1.165) is 15.7 Å². The summed E-state index contributed by atoms with van der Waals surface area (Å²) in [5.41, 5.74) is 1.70. The van der Waals surface area contributed by atoms with Crippen LogP contribution in [0.2, 0.25) is 0 Å². The zero-order valence-electron chi connectivity index (χ0n) is 9.67. The molecule has 0 spiro atoms. The number of methoxy groups -OCH3 is 1. The van der Waals surface area contributed by atoms with Gasteiger partial charge in [-0.25, -0.2) is 9.50 Å². The Kier molecular flexibility index (Phi) is 2.76. The van der Waals surface area contributed by atoms with Crippen LogP contribution in [-0.4, -0.2) is 21.7 Å². The number of nitrogens with zero attached hydrogens (tertiary/aromatic N) is 3. The number of aromatic nitrogens is 3. The van der Waals surface area contributed by atoms with Gasteiger partial charge >= 0.3 is 0 Å². The highest BCUT2D eigenvalue weighted by Gasteiger charge is 2.09. The third-order valence-corrected chi connectivity index (χ3v) is 3.18. The van der Waals surface area contributed by atoms with Gasteiger partial charge in [0.1, 0.15) is 0 Å². The number of benzene rings is 1. The van der Waals surface area contributed by atoms with Crippen molar-refractivity contribution in [2.45, 2.75) is 0 Å². The third-order valence-electron chi connectivity index (χ3n) is 2.65. The Morgan fingerprint density at radius 1 is 1.17 bits per heavy atom. The molecule has 0 radical (unpaired) electrons. The standard InChI is InChI=1S/C13H10BrN3O/c1-18-11-3-2-8-17-13(11)15-12(16-17)9-4-6-10(14)7-5-9/h2-8H,1H3. The maximum atomic E-state index is 5.26. The van der Waals surface area contributed by atoms with Gasteiger partial charge in [-0.2, -0.15) is 0 Å². The number of halogens is 1. The van der Waals surface area contributed by atoms with Crippen molar-refractivity contribution in [1.82, 2.24) is 14.6 Å². The van der Waals surface area contributed by atoms with Crippen LogP contribution in [0.25, 0.3) is 17.0 Å². The Hall–Kier alpha value is -1.88. The predicted octanol–water partition coefficient (Wildman–Crippen LogP) is 3.17. The van der Waals surface area contributed by atoms with Crippen LogP contribution in [0.4, 0.5) is 0 Å². The average molecular weight is 304 g/mol. The summed E-state index contributed by atoms with van der Waals surface area (Å²) >= 11 is 3.41.